The third-order valence-electron chi connectivity index (χ3n) is 2.43. The molecular weight excluding hydrogens is 255 g/mol. The van der Waals surface area contributed by atoms with Crippen molar-refractivity contribution in [2.24, 2.45) is 7.05 Å². The van der Waals surface area contributed by atoms with Gasteiger partial charge in [0.1, 0.15) is 0 Å². The van der Waals surface area contributed by atoms with Crippen molar-refractivity contribution < 1.29 is 14.1 Å². The lowest BCUT2D eigenvalue weighted by Gasteiger charge is -2.05. The fraction of sp³-hybridized carbons (Fsp3) is 0.0909. The number of benzene rings is 1. The molecule has 7 nitrogen and oxygen atoms in total. The van der Waals surface area contributed by atoms with Crippen molar-refractivity contribution in [3.63, 3.8) is 0 Å². The second-order valence-electron chi connectivity index (χ2n) is 3.74. The van der Waals surface area contributed by atoms with Crippen LogP contribution in [0.4, 0.5) is 15.8 Å². The van der Waals surface area contributed by atoms with Gasteiger partial charge in [-0.05, 0) is 6.07 Å². The highest BCUT2D eigenvalue weighted by atomic mass is 19.1. The summed E-state index contributed by atoms with van der Waals surface area (Å²) in [7, 11) is 1.64. The van der Waals surface area contributed by atoms with Crippen LogP contribution in [0.25, 0.3) is 0 Å². The smallest absolute Gasteiger partial charge is 0.304 e. The lowest BCUT2D eigenvalue weighted by atomic mass is 10.2. The quantitative estimate of drug-likeness (QED) is 0.675. The summed E-state index contributed by atoms with van der Waals surface area (Å²) >= 11 is 0. The molecule has 2 aromatic rings. The Morgan fingerprint density at radius 2 is 2.26 bits per heavy atom. The summed E-state index contributed by atoms with van der Waals surface area (Å²) in [5.74, 6) is -1.39. The average Bonchev–Trinajstić information content (AvgIpc) is 2.75. The second kappa shape index (κ2) is 4.84. The molecule has 0 spiro atoms. The van der Waals surface area contributed by atoms with Gasteiger partial charge in [0.25, 0.3) is 5.91 Å². The standard InChI is InChI=1S/C11H9FN4O3/c1-15-5-4-13-10(15)11(17)14-7-2-3-9(16(18)19)8(12)6-7/h2-6H,1H3,(H,14,17). The van der Waals surface area contributed by atoms with Gasteiger partial charge in [-0.15, -0.1) is 0 Å². The van der Waals surface area contributed by atoms with Crippen molar-refractivity contribution in [2.45, 2.75) is 0 Å². The SMILES string of the molecule is Cn1ccnc1C(=O)Nc1ccc([N+](=O)[O-])c(F)c1. The lowest BCUT2D eigenvalue weighted by Crippen LogP contribution is -2.16. The van der Waals surface area contributed by atoms with E-state index < -0.39 is 22.3 Å². The maximum atomic E-state index is 13.4. The van der Waals surface area contributed by atoms with E-state index in [0.717, 1.165) is 12.1 Å². The van der Waals surface area contributed by atoms with Gasteiger partial charge in [-0.25, -0.2) is 4.98 Å². The Hall–Kier alpha value is -2.77. The van der Waals surface area contributed by atoms with E-state index in [1.165, 1.54) is 16.8 Å². The fourth-order valence-corrected chi connectivity index (χ4v) is 1.50. The van der Waals surface area contributed by atoms with Gasteiger partial charge in [0.05, 0.1) is 4.92 Å². The molecule has 1 aromatic carbocycles. The summed E-state index contributed by atoms with van der Waals surface area (Å²) in [6.45, 7) is 0. The van der Waals surface area contributed by atoms with E-state index in [-0.39, 0.29) is 11.5 Å². The van der Waals surface area contributed by atoms with Crippen LogP contribution in [0.15, 0.2) is 30.6 Å². The number of aromatic nitrogens is 2. The van der Waals surface area contributed by atoms with Gasteiger partial charge in [-0.2, -0.15) is 4.39 Å². The number of carbonyl (C=O) groups is 1. The highest BCUT2D eigenvalue weighted by Crippen LogP contribution is 2.21. The molecule has 19 heavy (non-hydrogen) atoms. The van der Waals surface area contributed by atoms with Gasteiger partial charge in [-0.3, -0.25) is 14.9 Å². The van der Waals surface area contributed by atoms with E-state index in [4.69, 9.17) is 0 Å². The number of carbonyl (C=O) groups excluding carboxylic acids is 1. The highest BCUT2D eigenvalue weighted by molar-refractivity contribution is 6.01. The fourth-order valence-electron chi connectivity index (χ4n) is 1.50. The number of amides is 1. The van der Waals surface area contributed by atoms with E-state index in [1.807, 2.05) is 0 Å². The summed E-state index contributed by atoms with van der Waals surface area (Å²) in [4.78, 5) is 25.2. The van der Waals surface area contributed by atoms with Crippen molar-refractivity contribution in [2.75, 3.05) is 5.32 Å². The molecule has 2 rings (SSSR count). The Bertz CT molecular complexity index is 653. The molecule has 1 amide bonds. The van der Waals surface area contributed by atoms with E-state index >= 15 is 0 Å². The Kier molecular flexibility index (Phi) is 3.23. The Morgan fingerprint density at radius 1 is 1.53 bits per heavy atom. The Balaban J connectivity index is 2.21. The van der Waals surface area contributed by atoms with Crippen LogP contribution in [0.2, 0.25) is 0 Å². The largest absolute Gasteiger partial charge is 0.330 e. The van der Waals surface area contributed by atoms with Crippen molar-refractivity contribution in [3.8, 4) is 0 Å². The summed E-state index contributed by atoms with van der Waals surface area (Å²) in [5, 5.41) is 12.9. The molecule has 0 fully saturated rings. The van der Waals surface area contributed by atoms with E-state index in [1.54, 1.807) is 13.2 Å². The first kappa shape index (κ1) is 12.7. The number of anilines is 1. The number of rotatable bonds is 3. The zero-order chi connectivity index (χ0) is 14.0. The minimum Gasteiger partial charge on any atom is -0.330 e. The van der Waals surface area contributed by atoms with Gasteiger partial charge in [0.15, 0.2) is 5.82 Å². The first-order valence-electron chi connectivity index (χ1n) is 5.21. The topological polar surface area (TPSA) is 90.1 Å². The normalized spacial score (nSPS) is 10.2. The zero-order valence-corrected chi connectivity index (χ0v) is 9.83. The third-order valence-corrected chi connectivity index (χ3v) is 2.43. The second-order valence-corrected chi connectivity index (χ2v) is 3.74. The number of aryl methyl sites for hydroxylation is 1. The van der Waals surface area contributed by atoms with Crippen LogP contribution in [-0.4, -0.2) is 20.4 Å². The Morgan fingerprint density at radius 3 is 2.79 bits per heavy atom. The van der Waals surface area contributed by atoms with E-state index in [9.17, 15) is 19.3 Å². The maximum absolute atomic E-state index is 13.4. The van der Waals surface area contributed by atoms with Crippen LogP contribution in [-0.2, 0) is 7.05 Å². The monoisotopic (exact) mass is 264 g/mol. The molecule has 0 unspecified atom stereocenters. The van der Waals surface area contributed by atoms with Crippen LogP contribution >= 0.6 is 0 Å². The molecule has 0 atom stereocenters. The van der Waals surface area contributed by atoms with Gasteiger partial charge in [0, 0.05) is 37.3 Å². The molecule has 0 radical (unpaired) electrons. The number of imidazole rings is 1. The summed E-state index contributed by atoms with van der Waals surface area (Å²) in [6, 6.07) is 3.13. The van der Waals surface area contributed by atoms with Crippen LogP contribution in [0.1, 0.15) is 10.6 Å². The van der Waals surface area contributed by atoms with Crippen LogP contribution < -0.4 is 5.32 Å². The number of halogens is 1. The molecule has 8 heteroatoms. The summed E-state index contributed by atoms with van der Waals surface area (Å²) < 4.78 is 14.9. The minimum absolute atomic E-state index is 0.121. The molecule has 98 valence electrons. The molecule has 1 heterocycles. The van der Waals surface area contributed by atoms with E-state index in [2.05, 4.69) is 10.3 Å². The number of nitro benzene ring substituents is 1. The highest BCUT2D eigenvalue weighted by Gasteiger charge is 2.16. The van der Waals surface area contributed by atoms with Crippen LogP contribution in [0, 0.1) is 15.9 Å². The average molecular weight is 264 g/mol. The van der Waals surface area contributed by atoms with Crippen molar-refractivity contribution in [1.82, 2.24) is 9.55 Å². The molecule has 0 aliphatic rings. The molecule has 1 aromatic heterocycles. The molecule has 0 aliphatic carbocycles. The van der Waals surface area contributed by atoms with Crippen molar-refractivity contribution in [3.05, 3.63) is 52.3 Å². The van der Waals surface area contributed by atoms with Gasteiger partial charge < -0.3 is 9.88 Å². The Labute approximate surface area is 106 Å². The number of nitro groups is 1. The summed E-state index contributed by atoms with van der Waals surface area (Å²) in [5.41, 5.74) is -0.522. The van der Waals surface area contributed by atoms with E-state index in [0.29, 0.717) is 0 Å². The first-order valence-corrected chi connectivity index (χ1v) is 5.21. The van der Waals surface area contributed by atoms with Gasteiger partial charge in [-0.1, -0.05) is 0 Å². The van der Waals surface area contributed by atoms with Crippen molar-refractivity contribution in [1.29, 1.82) is 0 Å². The lowest BCUT2D eigenvalue weighted by molar-refractivity contribution is -0.387. The molecule has 0 aliphatic heterocycles. The number of nitrogens with one attached hydrogen (secondary N) is 1. The minimum atomic E-state index is -1.01. The number of hydrogen-bond donors (Lipinski definition) is 1. The zero-order valence-electron chi connectivity index (χ0n) is 9.83. The molecular formula is C11H9FN4O3. The van der Waals surface area contributed by atoms with Crippen molar-refractivity contribution >= 4 is 17.3 Å². The molecule has 0 saturated heterocycles. The first-order chi connectivity index (χ1) is 8.99. The molecule has 0 bridgehead atoms. The van der Waals surface area contributed by atoms with Crippen LogP contribution in [0.5, 0.6) is 0 Å². The predicted molar refractivity (Wildman–Crippen MR) is 64.2 cm³/mol. The maximum Gasteiger partial charge on any atom is 0.304 e. The number of hydrogen-bond acceptors (Lipinski definition) is 4. The molecule has 1 N–H and O–H groups in total. The van der Waals surface area contributed by atoms with Gasteiger partial charge >= 0.3 is 5.69 Å². The third kappa shape index (κ3) is 2.57. The van der Waals surface area contributed by atoms with Crippen LogP contribution in [0.3, 0.4) is 0 Å². The van der Waals surface area contributed by atoms with Gasteiger partial charge in [0.2, 0.25) is 5.82 Å². The predicted octanol–water partition coefficient (Wildman–Crippen LogP) is 1.72. The number of nitrogens with zero attached hydrogens (tertiary/aromatic N) is 3. The summed E-state index contributed by atoms with van der Waals surface area (Å²) in [6.07, 6.45) is 3.04. The molecule has 0 saturated carbocycles.